The zero-order valence-electron chi connectivity index (χ0n) is 10.8. The summed E-state index contributed by atoms with van der Waals surface area (Å²) < 4.78 is 11.8. The van der Waals surface area contributed by atoms with Gasteiger partial charge in [0.2, 0.25) is 0 Å². The van der Waals surface area contributed by atoms with Crippen molar-refractivity contribution in [3.8, 4) is 5.75 Å². The van der Waals surface area contributed by atoms with Crippen molar-refractivity contribution in [2.75, 3.05) is 25.6 Å². The SMILES string of the molecule is CCOCC(C)Nc1c(C)cc(Br)cc1OC. The van der Waals surface area contributed by atoms with E-state index in [1.807, 2.05) is 13.0 Å². The summed E-state index contributed by atoms with van der Waals surface area (Å²) in [4.78, 5) is 0. The van der Waals surface area contributed by atoms with Crippen LogP contribution in [-0.2, 0) is 4.74 Å². The maximum atomic E-state index is 5.39. The van der Waals surface area contributed by atoms with Crippen LogP contribution in [0.15, 0.2) is 16.6 Å². The largest absolute Gasteiger partial charge is 0.495 e. The number of aryl methyl sites for hydroxylation is 1. The van der Waals surface area contributed by atoms with Gasteiger partial charge in [-0.3, -0.25) is 0 Å². The summed E-state index contributed by atoms with van der Waals surface area (Å²) in [5.41, 5.74) is 2.18. The van der Waals surface area contributed by atoms with Gasteiger partial charge in [-0.25, -0.2) is 0 Å². The normalized spacial score (nSPS) is 12.3. The fourth-order valence-corrected chi connectivity index (χ4v) is 2.19. The molecule has 0 heterocycles. The van der Waals surface area contributed by atoms with Crippen LogP contribution in [0.25, 0.3) is 0 Å². The number of ether oxygens (including phenoxy) is 2. The minimum absolute atomic E-state index is 0.253. The number of nitrogens with one attached hydrogen (secondary N) is 1. The van der Waals surface area contributed by atoms with Gasteiger partial charge in [-0.2, -0.15) is 0 Å². The molecule has 1 unspecified atom stereocenters. The van der Waals surface area contributed by atoms with E-state index in [1.54, 1.807) is 7.11 Å². The van der Waals surface area contributed by atoms with Crippen molar-refractivity contribution >= 4 is 21.6 Å². The van der Waals surface area contributed by atoms with E-state index in [1.165, 1.54) is 0 Å². The Kier molecular flexibility index (Phi) is 5.78. The summed E-state index contributed by atoms with van der Waals surface area (Å²) in [6.45, 7) is 7.58. The average Bonchev–Trinajstić information content (AvgIpc) is 2.29. The fourth-order valence-electron chi connectivity index (χ4n) is 1.64. The number of rotatable bonds is 6. The third-order valence-corrected chi connectivity index (χ3v) is 2.90. The molecule has 3 nitrogen and oxygen atoms in total. The molecule has 0 spiro atoms. The molecule has 0 aliphatic heterocycles. The summed E-state index contributed by atoms with van der Waals surface area (Å²) >= 11 is 3.46. The van der Waals surface area contributed by atoms with Crippen molar-refractivity contribution < 1.29 is 9.47 Å². The quantitative estimate of drug-likeness (QED) is 0.871. The predicted molar refractivity (Wildman–Crippen MR) is 75.0 cm³/mol. The first-order chi connectivity index (χ1) is 8.08. The van der Waals surface area contributed by atoms with Gasteiger partial charge in [0.05, 0.1) is 19.4 Å². The molecule has 96 valence electrons. The number of halogens is 1. The van der Waals surface area contributed by atoms with E-state index >= 15 is 0 Å². The molecule has 1 rings (SSSR count). The smallest absolute Gasteiger partial charge is 0.143 e. The third kappa shape index (κ3) is 4.21. The number of benzene rings is 1. The highest BCUT2D eigenvalue weighted by atomic mass is 79.9. The van der Waals surface area contributed by atoms with Crippen LogP contribution < -0.4 is 10.1 Å². The predicted octanol–water partition coefficient (Wildman–Crippen LogP) is 3.60. The van der Waals surface area contributed by atoms with Crippen LogP contribution in [0.2, 0.25) is 0 Å². The van der Waals surface area contributed by atoms with Crippen LogP contribution in [0.1, 0.15) is 19.4 Å². The van der Waals surface area contributed by atoms with Gasteiger partial charge in [0.1, 0.15) is 5.75 Å². The van der Waals surface area contributed by atoms with Crippen molar-refractivity contribution in [1.29, 1.82) is 0 Å². The average molecular weight is 302 g/mol. The molecule has 0 bridgehead atoms. The van der Waals surface area contributed by atoms with E-state index in [0.717, 1.165) is 28.1 Å². The second-order valence-corrected chi connectivity index (χ2v) is 4.92. The van der Waals surface area contributed by atoms with Crippen LogP contribution in [0.3, 0.4) is 0 Å². The molecule has 0 aliphatic carbocycles. The molecule has 0 amide bonds. The summed E-state index contributed by atoms with van der Waals surface area (Å²) in [6.07, 6.45) is 0. The van der Waals surface area contributed by atoms with E-state index in [0.29, 0.717) is 6.61 Å². The number of anilines is 1. The highest BCUT2D eigenvalue weighted by Crippen LogP contribution is 2.32. The molecule has 0 radical (unpaired) electrons. The van der Waals surface area contributed by atoms with E-state index < -0.39 is 0 Å². The standard InChI is InChI=1S/C13H20BrNO2/c1-5-17-8-10(3)15-13-9(2)6-11(14)7-12(13)16-4/h6-7,10,15H,5,8H2,1-4H3. The van der Waals surface area contributed by atoms with Crippen molar-refractivity contribution in [2.45, 2.75) is 26.8 Å². The van der Waals surface area contributed by atoms with Crippen LogP contribution in [0.4, 0.5) is 5.69 Å². The minimum Gasteiger partial charge on any atom is -0.495 e. The van der Waals surface area contributed by atoms with Crippen LogP contribution in [0.5, 0.6) is 5.75 Å². The highest BCUT2D eigenvalue weighted by molar-refractivity contribution is 9.10. The Balaban J connectivity index is 2.82. The van der Waals surface area contributed by atoms with Gasteiger partial charge in [-0.05, 0) is 38.5 Å². The Labute approximate surface area is 112 Å². The number of methoxy groups -OCH3 is 1. The Hall–Kier alpha value is -0.740. The van der Waals surface area contributed by atoms with Crippen LogP contribution in [0, 0.1) is 6.92 Å². The van der Waals surface area contributed by atoms with Gasteiger partial charge >= 0.3 is 0 Å². The van der Waals surface area contributed by atoms with Crippen LogP contribution >= 0.6 is 15.9 Å². The Morgan fingerprint density at radius 2 is 2.12 bits per heavy atom. The molecule has 1 atom stereocenters. The number of hydrogen-bond acceptors (Lipinski definition) is 3. The maximum Gasteiger partial charge on any atom is 0.143 e. The zero-order chi connectivity index (χ0) is 12.8. The molecule has 0 saturated heterocycles. The molecular weight excluding hydrogens is 282 g/mol. The summed E-state index contributed by atoms with van der Waals surface area (Å²) in [5.74, 6) is 0.847. The zero-order valence-corrected chi connectivity index (χ0v) is 12.4. The van der Waals surface area contributed by atoms with Crippen molar-refractivity contribution in [3.63, 3.8) is 0 Å². The molecule has 4 heteroatoms. The second kappa shape index (κ2) is 6.87. The molecule has 0 aliphatic rings. The molecule has 1 N–H and O–H groups in total. The molecule has 0 fully saturated rings. The Bertz CT molecular complexity index is 369. The lowest BCUT2D eigenvalue weighted by molar-refractivity contribution is 0.141. The first kappa shape index (κ1) is 14.3. The lowest BCUT2D eigenvalue weighted by atomic mass is 10.1. The van der Waals surface area contributed by atoms with Crippen LogP contribution in [-0.4, -0.2) is 26.4 Å². The molecule has 1 aromatic rings. The lowest BCUT2D eigenvalue weighted by Crippen LogP contribution is -2.22. The van der Waals surface area contributed by atoms with Crippen molar-refractivity contribution in [2.24, 2.45) is 0 Å². The Morgan fingerprint density at radius 3 is 2.71 bits per heavy atom. The van der Waals surface area contributed by atoms with E-state index in [9.17, 15) is 0 Å². The lowest BCUT2D eigenvalue weighted by Gasteiger charge is -2.19. The van der Waals surface area contributed by atoms with E-state index in [2.05, 4.69) is 41.2 Å². The van der Waals surface area contributed by atoms with E-state index in [4.69, 9.17) is 9.47 Å². The van der Waals surface area contributed by atoms with Gasteiger partial charge in [-0.15, -0.1) is 0 Å². The Morgan fingerprint density at radius 1 is 1.41 bits per heavy atom. The maximum absolute atomic E-state index is 5.39. The van der Waals surface area contributed by atoms with Gasteiger partial charge < -0.3 is 14.8 Å². The van der Waals surface area contributed by atoms with Gasteiger partial charge in [-0.1, -0.05) is 15.9 Å². The topological polar surface area (TPSA) is 30.5 Å². The summed E-state index contributed by atoms with van der Waals surface area (Å²) in [6, 6.07) is 4.28. The van der Waals surface area contributed by atoms with Gasteiger partial charge in [0, 0.05) is 17.1 Å². The van der Waals surface area contributed by atoms with Gasteiger partial charge in [0.15, 0.2) is 0 Å². The second-order valence-electron chi connectivity index (χ2n) is 4.00. The molecule has 1 aromatic carbocycles. The molecule has 0 aromatic heterocycles. The van der Waals surface area contributed by atoms with E-state index in [-0.39, 0.29) is 6.04 Å². The molecule has 0 saturated carbocycles. The monoisotopic (exact) mass is 301 g/mol. The minimum atomic E-state index is 0.253. The molecule has 17 heavy (non-hydrogen) atoms. The first-order valence-corrected chi connectivity index (χ1v) is 6.56. The third-order valence-electron chi connectivity index (χ3n) is 2.45. The first-order valence-electron chi connectivity index (χ1n) is 5.76. The highest BCUT2D eigenvalue weighted by Gasteiger charge is 2.11. The van der Waals surface area contributed by atoms with Gasteiger partial charge in [0.25, 0.3) is 0 Å². The number of hydrogen-bond donors (Lipinski definition) is 1. The summed E-state index contributed by atoms with van der Waals surface area (Å²) in [7, 11) is 1.68. The van der Waals surface area contributed by atoms with Crippen molar-refractivity contribution in [1.82, 2.24) is 0 Å². The van der Waals surface area contributed by atoms with Crippen molar-refractivity contribution in [3.05, 3.63) is 22.2 Å². The summed E-state index contributed by atoms with van der Waals surface area (Å²) in [5, 5.41) is 3.42. The fraction of sp³-hybridized carbons (Fsp3) is 0.538. The molecular formula is C13H20BrNO2.